The van der Waals surface area contributed by atoms with Crippen LogP contribution in [0, 0.1) is 0 Å². The van der Waals surface area contributed by atoms with E-state index in [9.17, 15) is 4.79 Å². The predicted molar refractivity (Wildman–Crippen MR) is 116 cm³/mol. The van der Waals surface area contributed by atoms with Gasteiger partial charge in [-0.25, -0.2) is 0 Å². The number of hydrogen-bond donors (Lipinski definition) is 3. The van der Waals surface area contributed by atoms with Gasteiger partial charge in [0.1, 0.15) is 11.2 Å². The van der Waals surface area contributed by atoms with Crippen LogP contribution in [-0.4, -0.2) is 59.9 Å². The Morgan fingerprint density at radius 3 is 3.00 bits per heavy atom. The average molecular weight is 430 g/mol. The third-order valence-electron chi connectivity index (χ3n) is 5.01. The lowest BCUT2D eigenvalue weighted by atomic mass is 10.1. The summed E-state index contributed by atoms with van der Waals surface area (Å²) in [5.41, 5.74) is 1.30. The van der Waals surface area contributed by atoms with Gasteiger partial charge in [-0.3, -0.25) is 14.6 Å². The van der Waals surface area contributed by atoms with E-state index in [1.807, 2.05) is 10.9 Å². The summed E-state index contributed by atoms with van der Waals surface area (Å²) in [6.07, 6.45) is 6.76. The molecule has 10 nitrogen and oxygen atoms in total. The van der Waals surface area contributed by atoms with E-state index in [1.165, 1.54) is 6.08 Å². The summed E-state index contributed by atoms with van der Waals surface area (Å²) in [5.74, 6) is 0.888. The zero-order chi connectivity index (χ0) is 21.3. The molecule has 1 saturated heterocycles. The molecule has 4 rings (SSSR count). The molecule has 0 aliphatic carbocycles. The molecule has 0 spiro atoms. The Balaban J connectivity index is 1.60. The first kappa shape index (κ1) is 20.1. The third kappa shape index (κ3) is 4.09. The summed E-state index contributed by atoms with van der Waals surface area (Å²) in [5, 5.41) is 18.7. The van der Waals surface area contributed by atoms with Crippen molar-refractivity contribution in [3.8, 4) is 0 Å². The molecule has 158 valence electrons. The van der Waals surface area contributed by atoms with Crippen molar-refractivity contribution >= 4 is 46.0 Å². The van der Waals surface area contributed by atoms with E-state index < -0.39 is 0 Å². The fraction of sp³-hybridized carbons (Fsp3) is 0.421. The molecule has 3 aromatic rings. The van der Waals surface area contributed by atoms with Gasteiger partial charge in [-0.05, 0) is 32.8 Å². The molecule has 3 N–H and O–H groups in total. The van der Waals surface area contributed by atoms with E-state index in [0.717, 1.165) is 25.1 Å². The fourth-order valence-corrected chi connectivity index (χ4v) is 3.71. The number of fused-ring (bicyclic) bond motifs is 1. The molecule has 3 aromatic heterocycles. The number of halogens is 1. The Labute approximate surface area is 178 Å². The first-order chi connectivity index (χ1) is 14.4. The maximum atomic E-state index is 12.0. The Hall–Kier alpha value is -3.14. The molecule has 0 aromatic carbocycles. The topological polar surface area (TPSA) is 117 Å². The number of rotatable bonds is 6. The molecule has 0 bridgehead atoms. The molecule has 1 unspecified atom stereocenters. The monoisotopic (exact) mass is 429 g/mol. The van der Waals surface area contributed by atoms with Crippen molar-refractivity contribution in [1.82, 2.24) is 34.8 Å². The van der Waals surface area contributed by atoms with Crippen LogP contribution >= 0.6 is 11.6 Å². The van der Waals surface area contributed by atoms with Gasteiger partial charge in [-0.2, -0.15) is 20.2 Å². The van der Waals surface area contributed by atoms with Crippen LogP contribution in [0.2, 0.25) is 5.15 Å². The van der Waals surface area contributed by atoms with E-state index in [4.69, 9.17) is 11.6 Å². The minimum Gasteiger partial charge on any atom is -0.365 e. The second kappa shape index (κ2) is 8.31. The van der Waals surface area contributed by atoms with Crippen LogP contribution in [0.25, 0.3) is 11.0 Å². The summed E-state index contributed by atoms with van der Waals surface area (Å²) < 4.78 is 1.85. The number of hydrogen-bond acceptors (Lipinski definition) is 7. The summed E-state index contributed by atoms with van der Waals surface area (Å²) in [4.78, 5) is 22.9. The van der Waals surface area contributed by atoms with Crippen molar-refractivity contribution in [2.24, 2.45) is 0 Å². The van der Waals surface area contributed by atoms with Crippen molar-refractivity contribution in [1.29, 1.82) is 0 Å². The Morgan fingerprint density at radius 1 is 1.43 bits per heavy atom. The first-order valence-corrected chi connectivity index (χ1v) is 10.2. The van der Waals surface area contributed by atoms with E-state index >= 15 is 0 Å². The zero-order valence-corrected chi connectivity index (χ0v) is 17.6. The SMILES string of the molecule is C=CC(=O)N1CCCC(Nc2nc(Nc3cnn(C(C)C)c3)nc3[nH]nc(Cl)c23)C1. The summed E-state index contributed by atoms with van der Waals surface area (Å²) in [6, 6.07) is 0.281. The molecule has 30 heavy (non-hydrogen) atoms. The minimum atomic E-state index is -0.0693. The average Bonchev–Trinajstić information content (AvgIpc) is 3.35. The van der Waals surface area contributed by atoms with E-state index in [-0.39, 0.29) is 18.0 Å². The molecule has 4 heterocycles. The highest BCUT2D eigenvalue weighted by Crippen LogP contribution is 2.29. The van der Waals surface area contributed by atoms with Crippen molar-refractivity contribution in [3.63, 3.8) is 0 Å². The van der Waals surface area contributed by atoms with Crippen molar-refractivity contribution in [2.45, 2.75) is 38.8 Å². The molecule has 1 amide bonds. The third-order valence-corrected chi connectivity index (χ3v) is 5.28. The van der Waals surface area contributed by atoms with Gasteiger partial charge in [0.2, 0.25) is 11.9 Å². The number of piperidine rings is 1. The zero-order valence-electron chi connectivity index (χ0n) is 16.9. The van der Waals surface area contributed by atoms with Gasteiger partial charge >= 0.3 is 0 Å². The number of anilines is 3. The van der Waals surface area contributed by atoms with Crippen LogP contribution in [0.15, 0.2) is 25.0 Å². The van der Waals surface area contributed by atoms with E-state index in [1.54, 1.807) is 11.1 Å². The number of carbonyl (C=O) groups excluding carboxylic acids is 1. The van der Waals surface area contributed by atoms with Crippen LogP contribution in [0.4, 0.5) is 17.5 Å². The number of nitrogens with zero attached hydrogens (tertiary/aromatic N) is 6. The number of H-pyrrole nitrogens is 1. The van der Waals surface area contributed by atoms with Gasteiger partial charge in [-0.15, -0.1) is 0 Å². The lowest BCUT2D eigenvalue weighted by Gasteiger charge is -2.32. The van der Waals surface area contributed by atoms with E-state index in [0.29, 0.717) is 34.5 Å². The van der Waals surface area contributed by atoms with Gasteiger partial charge in [0.15, 0.2) is 10.8 Å². The number of amides is 1. The largest absolute Gasteiger partial charge is 0.365 e. The maximum Gasteiger partial charge on any atom is 0.246 e. The normalized spacial score (nSPS) is 16.8. The lowest BCUT2D eigenvalue weighted by molar-refractivity contribution is -0.127. The molecule has 1 fully saturated rings. The van der Waals surface area contributed by atoms with Crippen LogP contribution < -0.4 is 10.6 Å². The second-order valence-corrected chi connectivity index (χ2v) is 7.89. The number of aromatic amines is 1. The van der Waals surface area contributed by atoms with Gasteiger partial charge < -0.3 is 15.5 Å². The Bertz CT molecular complexity index is 1070. The Kier molecular flexibility index (Phi) is 5.58. The van der Waals surface area contributed by atoms with Gasteiger partial charge in [-0.1, -0.05) is 18.2 Å². The number of likely N-dealkylation sites (tertiary alicyclic amines) is 1. The predicted octanol–water partition coefficient (Wildman–Crippen LogP) is 3.12. The first-order valence-electron chi connectivity index (χ1n) is 9.85. The fourth-order valence-electron chi connectivity index (χ4n) is 3.49. The molecule has 11 heteroatoms. The minimum absolute atomic E-state index is 0.0308. The molecule has 0 radical (unpaired) electrons. The number of aromatic nitrogens is 6. The van der Waals surface area contributed by atoms with Gasteiger partial charge in [0.05, 0.1) is 11.9 Å². The van der Waals surface area contributed by atoms with Crippen molar-refractivity contribution < 1.29 is 4.79 Å². The molecule has 1 aliphatic rings. The van der Waals surface area contributed by atoms with Gasteiger partial charge in [0, 0.05) is 31.4 Å². The summed E-state index contributed by atoms with van der Waals surface area (Å²) in [6.45, 7) is 8.97. The smallest absolute Gasteiger partial charge is 0.246 e. The lowest BCUT2D eigenvalue weighted by Crippen LogP contribution is -2.44. The number of nitrogens with one attached hydrogen (secondary N) is 3. The van der Waals surface area contributed by atoms with Crippen molar-refractivity contribution in [3.05, 3.63) is 30.2 Å². The molecule has 0 saturated carbocycles. The highest BCUT2D eigenvalue weighted by molar-refractivity contribution is 6.35. The van der Waals surface area contributed by atoms with Gasteiger partial charge in [0.25, 0.3) is 0 Å². The molecular formula is C19H24ClN9O. The van der Waals surface area contributed by atoms with E-state index in [2.05, 4.69) is 56.3 Å². The number of carbonyl (C=O) groups is 1. The van der Waals surface area contributed by atoms with Crippen LogP contribution in [0.5, 0.6) is 0 Å². The summed E-state index contributed by atoms with van der Waals surface area (Å²) >= 11 is 6.27. The molecule has 1 atom stereocenters. The van der Waals surface area contributed by atoms with Crippen LogP contribution in [-0.2, 0) is 4.79 Å². The quantitative estimate of drug-likeness (QED) is 0.515. The van der Waals surface area contributed by atoms with Crippen LogP contribution in [0.3, 0.4) is 0 Å². The highest BCUT2D eigenvalue weighted by atomic mass is 35.5. The molecule has 1 aliphatic heterocycles. The second-order valence-electron chi connectivity index (χ2n) is 7.53. The maximum absolute atomic E-state index is 12.0. The standard InChI is InChI=1S/C19H24ClN9O/c1-4-14(30)28-7-5-6-12(9-28)22-17-15-16(20)26-27-18(15)25-19(24-17)23-13-8-21-29(10-13)11(2)3/h4,8,10-12H,1,5-7,9H2,2-3H3,(H3,22,23,24,25,26,27). The molecular weight excluding hydrogens is 406 g/mol. The Morgan fingerprint density at radius 2 is 2.27 bits per heavy atom. The summed E-state index contributed by atoms with van der Waals surface area (Å²) in [7, 11) is 0. The highest BCUT2D eigenvalue weighted by Gasteiger charge is 2.24. The van der Waals surface area contributed by atoms with Crippen LogP contribution in [0.1, 0.15) is 32.7 Å². The van der Waals surface area contributed by atoms with Crippen molar-refractivity contribution in [2.75, 3.05) is 23.7 Å².